The van der Waals surface area contributed by atoms with Gasteiger partial charge in [-0.15, -0.1) is 0 Å². The van der Waals surface area contributed by atoms with Gasteiger partial charge in [0.05, 0.1) is 4.90 Å². The first kappa shape index (κ1) is 16.5. The lowest BCUT2D eigenvalue weighted by Crippen LogP contribution is -2.31. The predicted molar refractivity (Wildman–Crippen MR) is 85.5 cm³/mol. The molecule has 118 valence electrons. The highest BCUT2D eigenvalue weighted by Gasteiger charge is 2.29. The van der Waals surface area contributed by atoms with Gasteiger partial charge in [-0.05, 0) is 36.3 Å². The van der Waals surface area contributed by atoms with Crippen LogP contribution in [-0.4, -0.2) is 21.0 Å². The number of rotatable bonds is 8. The van der Waals surface area contributed by atoms with Gasteiger partial charge in [0, 0.05) is 19.1 Å². The molecule has 0 spiro atoms. The van der Waals surface area contributed by atoms with E-state index >= 15 is 0 Å². The molecule has 1 aliphatic rings. The fraction of sp³-hybridized carbons (Fsp3) is 0.625. The van der Waals surface area contributed by atoms with Crippen molar-refractivity contribution in [3.05, 3.63) is 29.8 Å². The highest BCUT2D eigenvalue weighted by molar-refractivity contribution is 7.89. The van der Waals surface area contributed by atoms with Crippen LogP contribution in [0.4, 0.5) is 0 Å². The lowest BCUT2D eigenvalue weighted by Gasteiger charge is -2.15. The highest BCUT2D eigenvalue weighted by Crippen LogP contribution is 2.36. The number of sulfonamides is 1. The summed E-state index contributed by atoms with van der Waals surface area (Å²) in [4.78, 5) is 0.390. The maximum Gasteiger partial charge on any atom is 0.240 e. The molecule has 1 aromatic carbocycles. The monoisotopic (exact) mass is 310 g/mol. The Morgan fingerprint density at radius 3 is 2.48 bits per heavy atom. The van der Waals surface area contributed by atoms with Crippen molar-refractivity contribution in [2.24, 2.45) is 11.8 Å². The Morgan fingerprint density at radius 1 is 1.19 bits per heavy atom. The van der Waals surface area contributed by atoms with Crippen molar-refractivity contribution >= 4 is 10.0 Å². The number of hydrogen-bond acceptors (Lipinski definition) is 3. The Labute approximate surface area is 128 Å². The molecule has 1 aliphatic carbocycles. The zero-order chi connectivity index (χ0) is 15.5. The summed E-state index contributed by atoms with van der Waals surface area (Å²) >= 11 is 0. The number of hydrogen-bond donors (Lipinski definition) is 2. The van der Waals surface area contributed by atoms with E-state index in [0.29, 0.717) is 35.9 Å². The molecule has 1 saturated carbocycles. The molecule has 5 heteroatoms. The quantitative estimate of drug-likeness (QED) is 0.775. The van der Waals surface area contributed by atoms with Crippen LogP contribution >= 0.6 is 0 Å². The molecule has 4 nitrogen and oxygen atoms in total. The van der Waals surface area contributed by atoms with Gasteiger partial charge in [-0.2, -0.15) is 0 Å². The van der Waals surface area contributed by atoms with Crippen LogP contribution in [-0.2, 0) is 16.6 Å². The van der Waals surface area contributed by atoms with E-state index in [1.807, 2.05) is 26.0 Å². The summed E-state index contributed by atoms with van der Waals surface area (Å²) in [6.07, 6.45) is 2.47. The van der Waals surface area contributed by atoms with Gasteiger partial charge >= 0.3 is 0 Å². The van der Waals surface area contributed by atoms with Crippen LogP contribution in [0.15, 0.2) is 29.2 Å². The summed E-state index contributed by atoms with van der Waals surface area (Å²) in [5, 5.41) is 3.28. The SMILES string of the molecule is CC(C)NCc1ccccc1S(=O)(=O)NCC(C)C1CC1. The molecule has 1 atom stereocenters. The van der Waals surface area contributed by atoms with E-state index in [4.69, 9.17) is 0 Å². The minimum Gasteiger partial charge on any atom is -0.310 e. The van der Waals surface area contributed by atoms with E-state index in [2.05, 4.69) is 17.0 Å². The van der Waals surface area contributed by atoms with Crippen molar-refractivity contribution in [2.45, 2.75) is 51.1 Å². The third-order valence-electron chi connectivity index (χ3n) is 3.98. The summed E-state index contributed by atoms with van der Waals surface area (Å²) in [5.74, 6) is 1.12. The van der Waals surface area contributed by atoms with Gasteiger partial charge in [0.25, 0.3) is 0 Å². The third-order valence-corrected chi connectivity index (χ3v) is 5.51. The van der Waals surface area contributed by atoms with Gasteiger partial charge in [-0.25, -0.2) is 13.1 Å². The Hall–Kier alpha value is -0.910. The van der Waals surface area contributed by atoms with Gasteiger partial charge in [0.1, 0.15) is 0 Å². The van der Waals surface area contributed by atoms with Crippen molar-refractivity contribution in [3.8, 4) is 0 Å². The molecule has 1 aromatic rings. The average Bonchev–Trinajstić information content (AvgIpc) is 3.27. The van der Waals surface area contributed by atoms with Crippen LogP contribution in [0.3, 0.4) is 0 Å². The summed E-state index contributed by atoms with van der Waals surface area (Å²) in [6, 6.07) is 7.53. The van der Waals surface area contributed by atoms with Gasteiger partial charge in [0.2, 0.25) is 10.0 Å². The Balaban J connectivity index is 2.07. The molecule has 1 fully saturated rings. The molecule has 2 rings (SSSR count). The number of nitrogens with one attached hydrogen (secondary N) is 2. The summed E-state index contributed by atoms with van der Waals surface area (Å²) in [7, 11) is -3.43. The van der Waals surface area contributed by atoms with Crippen molar-refractivity contribution in [3.63, 3.8) is 0 Å². The van der Waals surface area contributed by atoms with Crippen LogP contribution < -0.4 is 10.0 Å². The second-order valence-electron chi connectivity index (χ2n) is 6.31. The zero-order valence-corrected chi connectivity index (χ0v) is 13.9. The van der Waals surface area contributed by atoms with Gasteiger partial charge in [0.15, 0.2) is 0 Å². The summed E-state index contributed by atoms with van der Waals surface area (Å²) in [5.41, 5.74) is 0.817. The van der Waals surface area contributed by atoms with E-state index in [-0.39, 0.29) is 0 Å². The molecular formula is C16H26N2O2S. The van der Waals surface area contributed by atoms with Crippen LogP contribution in [0.25, 0.3) is 0 Å². The standard InChI is InChI=1S/C16H26N2O2S/c1-12(2)17-11-15-6-4-5-7-16(15)21(19,20)18-10-13(3)14-8-9-14/h4-7,12-14,17-18H,8-11H2,1-3H3. The van der Waals surface area contributed by atoms with Crippen molar-refractivity contribution in [1.82, 2.24) is 10.0 Å². The van der Waals surface area contributed by atoms with Crippen LogP contribution in [0.2, 0.25) is 0 Å². The molecule has 21 heavy (non-hydrogen) atoms. The van der Waals surface area contributed by atoms with Crippen molar-refractivity contribution < 1.29 is 8.42 Å². The molecule has 0 heterocycles. The molecule has 2 N–H and O–H groups in total. The van der Waals surface area contributed by atoms with E-state index in [0.717, 1.165) is 5.56 Å². The zero-order valence-electron chi connectivity index (χ0n) is 13.1. The molecule has 0 aliphatic heterocycles. The largest absolute Gasteiger partial charge is 0.310 e. The summed E-state index contributed by atoms with van der Waals surface area (Å²) < 4.78 is 27.8. The van der Waals surface area contributed by atoms with Gasteiger partial charge in [-0.1, -0.05) is 39.0 Å². The van der Waals surface area contributed by atoms with E-state index in [9.17, 15) is 8.42 Å². The summed E-state index contributed by atoms with van der Waals surface area (Å²) in [6.45, 7) is 7.30. The second-order valence-corrected chi connectivity index (χ2v) is 8.05. The fourth-order valence-corrected chi connectivity index (χ4v) is 3.76. The molecule has 0 saturated heterocycles. The van der Waals surface area contributed by atoms with Crippen LogP contribution in [0.5, 0.6) is 0 Å². The smallest absolute Gasteiger partial charge is 0.240 e. The number of benzene rings is 1. The van der Waals surface area contributed by atoms with Crippen LogP contribution in [0, 0.1) is 11.8 Å². The Kier molecular flexibility index (Phi) is 5.41. The molecular weight excluding hydrogens is 284 g/mol. The van der Waals surface area contributed by atoms with Crippen molar-refractivity contribution in [1.29, 1.82) is 0 Å². The minimum absolute atomic E-state index is 0.323. The van der Waals surface area contributed by atoms with E-state index < -0.39 is 10.0 Å². The highest BCUT2D eigenvalue weighted by atomic mass is 32.2. The van der Waals surface area contributed by atoms with E-state index in [1.54, 1.807) is 12.1 Å². The van der Waals surface area contributed by atoms with Gasteiger partial charge < -0.3 is 5.32 Å². The topological polar surface area (TPSA) is 58.2 Å². The van der Waals surface area contributed by atoms with Crippen molar-refractivity contribution in [2.75, 3.05) is 6.54 Å². The molecule has 0 bridgehead atoms. The third kappa shape index (κ3) is 4.80. The van der Waals surface area contributed by atoms with Crippen LogP contribution in [0.1, 0.15) is 39.2 Å². The van der Waals surface area contributed by atoms with E-state index in [1.165, 1.54) is 12.8 Å². The lowest BCUT2D eigenvalue weighted by molar-refractivity contribution is 0.491. The fourth-order valence-electron chi connectivity index (χ4n) is 2.38. The maximum absolute atomic E-state index is 12.5. The first-order chi connectivity index (χ1) is 9.90. The first-order valence-electron chi connectivity index (χ1n) is 7.71. The lowest BCUT2D eigenvalue weighted by atomic mass is 10.1. The Bertz CT molecular complexity index is 565. The molecule has 0 radical (unpaired) electrons. The molecule has 0 aromatic heterocycles. The predicted octanol–water partition coefficient (Wildman–Crippen LogP) is 2.51. The average molecular weight is 310 g/mol. The molecule has 0 amide bonds. The first-order valence-corrected chi connectivity index (χ1v) is 9.19. The minimum atomic E-state index is -3.43. The molecule has 1 unspecified atom stereocenters. The van der Waals surface area contributed by atoms with Gasteiger partial charge in [-0.3, -0.25) is 0 Å². The normalized spacial score (nSPS) is 17.1. The Morgan fingerprint density at radius 2 is 1.86 bits per heavy atom. The second kappa shape index (κ2) is 6.90. The maximum atomic E-state index is 12.5.